The minimum Gasteiger partial charge on any atom is -0.352 e. The van der Waals surface area contributed by atoms with Crippen molar-refractivity contribution >= 4 is 5.95 Å². The van der Waals surface area contributed by atoms with Gasteiger partial charge in [-0.25, -0.2) is 9.97 Å². The zero-order chi connectivity index (χ0) is 12.2. The van der Waals surface area contributed by atoms with Gasteiger partial charge in [0.1, 0.15) is 0 Å². The second kappa shape index (κ2) is 5.25. The average molecular weight is 222 g/mol. The molecule has 2 N–H and O–H groups in total. The molecule has 0 aromatic carbocycles. The average Bonchev–Trinajstić information content (AvgIpc) is 2.27. The van der Waals surface area contributed by atoms with Crippen molar-refractivity contribution in [3.05, 3.63) is 18.0 Å². The van der Waals surface area contributed by atoms with E-state index >= 15 is 0 Å². The van der Waals surface area contributed by atoms with Gasteiger partial charge >= 0.3 is 0 Å². The largest absolute Gasteiger partial charge is 0.352 e. The third kappa shape index (κ3) is 3.77. The molecule has 1 aromatic rings. The van der Waals surface area contributed by atoms with Crippen LogP contribution < -0.4 is 10.6 Å². The van der Waals surface area contributed by atoms with E-state index in [1.54, 1.807) is 0 Å². The Bertz CT molecular complexity index is 316. The van der Waals surface area contributed by atoms with Crippen molar-refractivity contribution < 1.29 is 0 Å². The minimum atomic E-state index is 0.0417. The molecule has 0 saturated heterocycles. The van der Waals surface area contributed by atoms with Crippen LogP contribution in [0.15, 0.2) is 12.4 Å². The van der Waals surface area contributed by atoms with Crippen LogP contribution in [-0.4, -0.2) is 29.1 Å². The van der Waals surface area contributed by atoms with E-state index in [1.165, 1.54) is 5.56 Å². The van der Waals surface area contributed by atoms with Gasteiger partial charge < -0.3 is 10.6 Å². The Morgan fingerprint density at radius 2 is 1.81 bits per heavy atom. The van der Waals surface area contributed by atoms with Gasteiger partial charge in [0.2, 0.25) is 5.95 Å². The molecule has 0 saturated carbocycles. The number of nitrogens with zero attached hydrogens (tertiary/aromatic N) is 2. The molecule has 16 heavy (non-hydrogen) atoms. The van der Waals surface area contributed by atoms with Crippen LogP contribution in [0, 0.1) is 0 Å². The van der Waals surface area contributed by atoms with Crippen molar-refractivity contribution in [2.45, 2.75) is 39.2 Å². The molecule has 0 radical (unpaired) electrons. The zero-order valence-corrected chi connectivity index (χ0v) is 10.8. The molecule has 0 spiro atoms. The molecule has 0 atom stereocenters. The van der Waals surface area contributed by atoms with Crippen LogP contribution >= 0.6 is 0 Å². The Morgan fingerprint density at radius 1 is 1.25 bits per heavy atom. The first-order chi connectivity index (χ1) is 7.44. The van der Waals surface area contributed by atoms with Crippen molar-refractivity contribution in [1.29, 1.82) is 0 Å². The quantitative estimate of drug-likeness (QED) is 0.800. The van der Waals surface area contributed by atoms with Gasteiger partial charge in [0.05, 0.1) is 0 Å². The van der Waals surface area contributed by atoms with E-state index < -0.39 is 0 Å². The van der Waals surface area contributed by atoms with Gasteiger partial charge in [-0.05, 0) is 32.4 Å². The SMILES string of the molecule is CNC(C)(C)CNc1ncc(C(C)C)cn1. The second-order valence-electron chi connectivity index (χ2n) is 4.98. The highest BCUT2D eigenvalue weighted by Gasteiger charge is 2.14. The summed E-state index contributed by atoms with van der Waals surface area (Å²) in [6, 6.07) is 0. The highest BCUT2D eigenvalue weighted by molar-refractivity contribution is 5.26. The number of nitrogens with one attached hydrogen (secondary N) is 2. The second-order valence-corrected chi connectivity index (χ2v) is 4.98. The molecule has 0 amide bonds. The lowest BCUT2D eigenvalue weighted by atomic mass is 10.1. The Kier molecular flexibility index (Phi) is 4.24. The Balaban J connectivity index is 2.56. The van der Waals surface area contributed by atoms with Gasteiger partial charge in [0, 0.05) is 24.5 Å². The Hall–Kier alpha value is -1.16. The van der Waals surface area contributed by atoms with Crippen LogP contribution in [0.1, 0.15) is 39.2 Å². The highest BCUT2D eigenvalue weighted by atomic mass is 15.1. The van der Waals surface area contributed by atoms with E-state index in [9.17, 15) is 0 Å². The summed E-state index contributed by atoms with van der Waals surface area (Å²) in [5.41, 5.74) is 1.21. The van der Waals surface area contributed by atoms with Crippen LogP contribution in [-0.2, 0) is 0 Å². The van der Waals surface area contributed by atoms with E-state index in [0.717, 1.165) is 6.54 Å². The fourth-order valence-electron chi connectivity index (χ4n) is 1.12. The molecule has 1 aromatic heterocycles. The molecular weight excluding hydrogens is 200 g/mol. The molecule has 1 heterocycles. The van der Waals surface area contributed by atoms with Gasteiger partial charge in [-0.15, -0.1) is 0 Å². The lowest BCUT2D eigenvalue weighted by Crippen LogP contribution is -2.43. The number of anilines is 1. The van der Waals surface area contributed by atoms with E-state index in [0.29, 0.717) is 11.9 Å². The third-order valence-corrected chi connectivity index (χ3v) is 2.70. The van der Waals surface area contributed by atoms with Crippen molar-refractivity contribution in [2.75, 3.05) is 18.9 Å². The molecule has 4 nitrogen and oxygen atoms in total. The van der Waals surface area contributed by atoms with Crippen molar-refractivity contribution in [3.63, 3.8) is 0 Å². The maximum absolute atomic E-state index is 4.29. The Morgan fingerprint density at radius 3 is 2.25 bits per heavy atom. The predicted molar refractivity (Wildman–Crippen MR) is 67.7 cm³/mol. The standard InChI is InChI=1S/C12H22N4/c1-9(2)10-6-14-11(15-7-10)16-8-12(3,4)13-5/h6-7,9,13H,8H2,1-5H3,(H,14,15,16). The number of likely N-dealkylation sites (N-methyl/N-ethyl adjacent to an activating group) is 1. The fraction of sp³-hybridized carbons (Fsp3) is 0.667. The van der Waals surface area contributed by atoms with Crippen molar-refractivity contribution in [2.24, 2.45) is 0 Å². The summed E-state index contributed by atoms with van der Waals surface area (Å²) >= 11 is 0. The lowest BCUT2D eigenvalue weighted by molar-refractivity contribution is 0.447. The summed E-state index contributed by atoms with van der Waals surface area (Å²) in [5.74, 6) is 1.16. The van der Waals surface area contributed by atoms with Crippen LogP contribution in [0.2, 0.25) is 0 Å². The van der Waals surface area contributed by atoms with Crippen molar-refractivity contribution in [1.82, 2.24) is 15.3 Å². The molecule has 0 fully saturated rings. The summed E-state index contributed by atoms with van der Waals surface area (Å²) in [5, 5.41) is 6.44. The number of rotatable bonds is 5. The number of hydrogen-bond acceptors (Lipinski definition) is 4. The van der Waals surface area contributed by atoms with E-state index in [1.807, 2.05) is 19.4 Å². The molecule has 90 valence electrons. The van der Waals surface area contributed by atoms with Crippen LogP contribution in [0.3, 0.4) is 0 Å². The Labute approximate surface area is 97.9 Å². The summed E-state index contributed by atoms with van der Waals surface area (Å²) in [4.78, 5) is 8.57. The molecule has 4 heteroatoms. The summed E-state index contributed by atoms with van der Waals surface area (Å²) in [6.45, 7) is 9.32. The molecule has 0 bridgehead atoms. The van der Waals surface area contributed by atoms with E-state index in [-0.39, 0.29) is 5.54 Å². The molecule has 0 aliphatic rings. The zero-order valence-electron chi connectivity index (χ0n) is 10.8. The lowest BCUT2D eigenvalue weighted by Gasteiger charge is -2.24. The normalized spacial score (nSPS) is 11.9. The van der Waals surface area contributed by atoms with Gasteiger partial charge in [-0.2, -0.15) is 0 Å². The van der Waals surface area contributed by atoms with Crippen LogP contribution in [0.25, 0.3) is 0 Å². The van der Waals surface area contributed by atoms with Gasteiger partial charge in [0.25, 0.3) is 0 Å². The maximum Gasteiger partial charge on any atom is 0.222 e. The van der Waals surface area contributed by atoms with E-state index in [2.05, 4.69) is 48.3 Å². The smallest absolute Gasteiger partial charge is 0.222 e. The summed E-state index contributed by atoms with van der Waals surface area (Å²) < 4.78 is 0. The molecule has 0 aliphatic carbocycles. The van der Waals surface area contributed by atoms with Crippen molar-refractivity contribution in [3.8, 4) is 0 Å². The molecule has 0 aliphatic heterocycles. The summed E-state index contributed by atoms with van der Waals surface area (Å²) in [7, 11) is 1.95. The monoisotopic (exact) mass is 222 g/mol. The predicted octanol–water partition coefficient (Wildman–Crippen LogP) is 2.01. The first-order valence-electron chi connectivity index (χ1n) is 5.69. The topological polar surface area (TPSA) is 49.8 Å². The molecular formula is C12H22N4. The van der Waals surface area contributed by atoms with Crippen LogP contribution in [0.5, 0.6) is 0 Å². The molecule has 0 unspecified atom stereocenters. The number of hydrogen-bond donors (Lipinski definition) is 2. The fourth-order valence-corrected chi connectivity index (χ4v) is 1.12. The highest BCUT2D eigenvalue weighted by Crippen LogP contribution is 2.12. The van der Waals surface area contributed by atoms with Crippen LogP contribution in [0.4, 0.5) is 5.95 Å². The minimum absolute atomic E-state index is 0.0417. The van der Waals surface area contributed by atoms with Gasteiger partial charge in [-0.1, -0.05) is 13.8 Å². The first-order valence-corrected chi connectivity index (χ1v) is 5.69. The molecule has 1 rings (SSSR count). The van der Waals surface area contributed by atoms with Gasteiger partial charge in [0.15, 0.2) is 0 Å². The number of aromatic nitrogens is 2. The maximum atomic E-state index is 4.29. The first kappa shape index (κ1) is 12.9. The summed E-state index contributed by atoms with van der Waals surface area (Å²) in [6.07, 6.45) is 3.76. The van der Waals surface area contributed by atoms with Gasteiger partial charge in [-0.3, -0.25) is 0 Å². The third-order valence-electron chi connectivity index (χ3n) is 2.70. The van der Waals surface area contributed by atoms with E-state index in [4.69, 9.17) is 0 Å².